The molecule has 0 aromatic rings. The molecule has 0 bridgehead atoms. The maximum atomic E-state index is 12.4. The predicted molar refractivity (Wildman–Crippen MR) is 75.7 cm³/mol. The lowest BCUT2D eigenvalue weighted by molar-refractivity contribution is -0.148. The number of urea groups is 1. The van der Waals surface area contributed by atoms with Crippen molar-refractivity contribution >= 4 is 12.0 Å². The van der Waals surface area contributed by atoms with Crippen molar-refractivity contribution in [1.82, 2.24) is 10.2 Å². The van der Waals surface area contributed by atoms with Crippen LogP contribution in [0.5, 0.6) is 0 Å². The van der Waals surface area contributed by atoms with E-state index >= 15 is 0 Å². The summed E-state index contributed by atoms with van der Waals surface area (Å²) in [5.74, 6) is -0.906. The Kier molecular flexibility index (Phi) is 5.39. The first-order valence-electron chi connectivity index (χ1n) is 7.11. The number of hydrogen-bond acceptors (Lipinski definition) is 3. The quantitative estimate of drug-likeness (QED) is 0.781. The zero-order valence-corrected chi connectivity index (χ0v) is 12.9. The van der Waals surface area contributed by atoms with E-state index in [4.69, 9.17) is 4.74 Å². The number of carboxylic acid groups (broad SMARTS) is 1. The molecule has 0 aromatic carbocycles. The monoisotopic (exact) mass is 286 g/mol. The van der Waals surface area contributed by atoms with E-state index in [1.165, 1.54) is 4.90 Å². The summed E-state index contributed by atoms with van der Waals surface area (Å²) in [6.45, 7) is 6.51. The van der Waals surface area contributed by atoms with Gasteiger partial charge in [-0.15, -0.1) is 0 Å². The van der Waals surface area contributed by atoms with Crippen molar-refractivity contribution < 1.29 is 19.4 Å². The van der Waals surface area contributed by atoms with Crippen LogP contribution in [0.25, 0.3) is 0 Å². The topological polar surface area (TPSA) is 78.9 Å². The van der Waals surface area contributed by atoms with E-state index in [0.717, 1.165) is 12.8 Å². The number of ether oxygens (including phenoxy) is 1. The molecule has 6 heteroatoms. The van der Waals surface area contributed by atoms with E-state index in [0.29, 0.717) is 26.0 Å². The van der Waals surface area contributed by atoms with Crippen molar-refractivity contribution in [3.8, 4) is 0 Å². The van der Waals surface area contributed by atoms with Crippen LogP contribution in [0.3, 0.4) is 0 Å². The summed E-state index contributed by atoms with van der Waals surface area (Å²) < 4.78 is 5.07. The van der Waals surface area contributed by atoms with E-state index < -0.39 is 17.0 Å². The molecule has 0 aliphatic carbocycles. The molecule has 2 N–H and O–H groups in total. The number of nitrogens with one attached hydrogen (secondary N) is 1. The van der Waals surface area contributed by atoms with Gasteiger partial charge in [-0.2, -0.15) is 0 Å². The Morgan fingerprint density at radius 1 is 1.45 bits per heavy atom. The molecule has 2 amide bonds. The second-order valence-electron chi connectivity index (χ2n) is 6.09. The van der Waals surface area contributed by atoms with Crippen LogP contribution in [-0.4, -0.2) is 53.3 Å². The van der Waals surface area contributed by atoms with Crippen LogP contribution in [-0.2, 0) is 9.53 Å². The number of amides is 2. The number of nitrogens with zero attached hydrogens (tertiary/aromatic N) is 1. The van der Waals surface area contributed by atoms with Crippen molar-refractivity contribution in [2.45, 2.75) is 57.5 Å². The Morgan fingerprint density at radius 3 is 2.60 bits per heavy atom. The van der Waals surface area contributed by atoms with E-state index in [1.54, 1.807) is 7.11 Å². The largest absolute Gasteiger partial charge is 0.479 e. The Labute approximate surface area is 120 Å². The van der Waals surface area contributed by atoms with E-state index in [2.05, 4.69) is 5.32 Å². The van der Waals surface area contributed by atoms with E-state index in [9.17, 15) is 14.7 Å². The molecule has 1 aliphatic rings. The Morgan fingerprint density at radius 2 is 2.10 bits per heavy atom. The number of likely N-dealkylation sites (tertiary alicyclic amines) is 1. The molecule has 20 heavy (non-hydrogen) atoms. The number of hydrogen-bond donors (Lipinski definition) is 2. The second-order valence-corrected chi connectivity index (χ2v) is 6.09. The molecule has 1 unspecified atom stereocenters. The van der Waals surface area contributed by atoms with Crippen LogP contribution in [0, 0.1) is 0 Å². The number of rotatable bonds is 6. The summed E-state index contributed by atoms with van der Waals surface area (Å²) in [7, 11) is 1.57. The van der Waals surface area contributed by atoms with Gasteiger partial charge in [0.05, 0.1) is 12.1 Å². The van der Waals surface area contributed by atoms with Crippen LogP contribution in [0.1, 0.15) is 46.5 Å². The number of carbonyl (C=O) groups is 2. The van der Waals surface area contributed by atoms with Crippen molar-refractivity contribution in [3.05, 3.63) is 0 Å². The third-order valence-electron chi connectivity index (χ3n) is 3.75. The fourth-order valence-corrected chi connectivity index (χ4v) is 2.93. The summed E-state index contributed by atoms with van der Waals surface area (Å²) in [4.78, 5) is 25.6. The molecule has 1 rings (SSSR count). The van der Waals surface area contributed by atoms with Gasteiger partial charge in [0.2, 0.25) is 0 Å². The zero-order chi connectivity index (χ0) is 15.4. The summed E-state index contributed by atoms with van der Waals surface area (Å²) in [5.41, 5.74) is -1.58. The highest BCUT2D eigenvalue weighted by atomic mass is 16.5. The van der Waals surface area contributed by atoms with E-state index in [-0.39, 0.29) is 6.03 Å². The van der Waals surface area contributed by atoms with Gasteiger partial charge in [0.25, 0.3) is 0 Å². The Balaban J connectivity index is 2.87. The second kappa shape index (κ2) is 6.43. The fraction of sp³-hybridized carbons (Fsp3) is 0.857. The van der Waals surface area contributed by atoms with Gasteiger partial charge in [-0.1, -0.05) is 13.3 Å². The van der Waals surface area contributed by atoms with Gasteiger partial charge in [-0.3, -0.25) is 0 Å². The van der Waals surface area contributed by atoms with Gasteiger partial charge >= 0.3 is 12.0 Å². The molecule has 1 fully saturated rings. The maximum Gasteiger partial charge on any atom is 0.329 e. The molecule has 116 valence electrons. The van der Waals surface area contributed by atoms with Gasteiger partial charge < -0.3 is 20.1 Å². The number of carboxylic acids is 1. The summed E-state index contributed by atoms with van der Waals surface area (Å²) in [6, 6.07) is -0.319. The molecular weight excluding hydrogens is 260 g/mol. The van der Waals surface area contributed by atoms with Crippen LogP contribution >= 0.6 is 0 Å². The molecule has 1 aliphatic heterocycles. The molecule has 0 radical (unpaired) electrons. The number of carbonyl (C=O) groups excluding carboxylic acids is 1. The SMILES string of the molecule is CCCC1(C(=O)O)CCCN1C(=O)NC(C)(C)COC. The normalized spacial score (nSPS) is 22.9. The third kappa shape index (κ3) is 3.42. The van der Waals surface area contributed by atoms with Crippen LogP contribution < -0.4 is 5.32 Å². The average molecular weight is 286 g/mol. The minimum atomic E-state index is -1.05. The molecule has 1 atom stereocenters. The number of methoxy groups -OCH3 is 1. The van der Waals surface area contributed by atoms with Crippen molar-refractivity contribution in [1.29, 1.82) is 0 Å². The van der Waals surface area contributed by atoms with Crippen LogP contribution in [0.15, 0.2) is 0 Å². The van der Waals surface area contributed by atoms with Crippen molar-refractivity contribution in [2.75, 3.05) is 20.3 Å². The molecular formula is C14H26N2O4. The molecule has 0 spiro atoms. The summed E-state index contributed by atoms with van der Waals surface area (Å²) in [6.07, 6.45) is 2.47. The lowest BCUT2D eigenvalue weighted by Gasteiger charge is -2.37. The maximum absolute atomic E-state index is 12.4. The standard InChI is InChI=1S/C14H26N2O4/c1-5-7-14(11(17)18)8-6-9-16(14)12(19)15-13(2,3)10-20-4/h5-10H2,1-4H3,(H,15,19)(H,17,18). The average Bonchev–Trinajstić information content (AvgIpc) is 2.73. The lowest BCUT2D eigenvalue weighted by Crippen LogP contribution is -2.59. The molecule has 0 aromatic heterocycles. The third-order valence-corrected chi connectivity index (χ3v) is 3.75. The van der Waals surface area contributed by atoms with Gasteiger partial charge in [-0.25, -0.2) is 9.59 Å². The minimum absolute atomic E-state index is 0.319. The fourth-order valence-electron chi connectivity index (χ4n) is 2.93. The first-order chi connectivity index (χ1) is 9.29. The highest BCUT2D eigenvalue weighted by Crippen LogP contribution is 2.34. The Bertz CT molecular complexity index is 370. The predicted octanol–water partition coefficient (Wildman–Crippen LogP) is 1.84. The lowest BCUT2D eigenvalue weighted by atomic mass is 9.91. The summed E-state index contributed by atoms with van der Waals surface area (Å²) in [5, 5.41) is 12.4. The zero-order valence-electron chi connectivity index (χ0n) is 12.9. The van der Waals surface area contributed by atoms with Gasteiger partial charge in [0.1, 0.15) is 5.54 Å². The summed E-state index contributed by atoms with van der Waals surface area (Å²) >= 11 is 0. The highest BCUT2D eigenvalue weighted by Gasteiger charge is 2.49. The van der Waals surface area contributed by atoms with Gasteiger partial charge in [-0.05, 0) is 33.1 Å². The highest BCUT2D eigenvalue weighted by molar-refractivity contribution is 5.87. The minimum Gasteiger partial charge on any atom is -0.479 e. The van der Waals surface area contributed by atoms with Gasteiger partial charge in [0, 0.05) is 13.7 Å². The van der Waals surface area contributed by atoms with Crippen LogP contribution in [0.2, 0.25) is 0 Å². The van der Waals surface area contributed by atoms with E-state index in [1.807, 2.05) is 20.8 Å². The molecule has 0 saturated carbocycles. The molecule has 1 saturated heterocycles. The molecule has 1 heterocycles. The smallest absolute Gasteiger partial charge is 0.329 e. The first kappa shape index (κ1) is 16.8. The molecule has 6 nitrogen and oxygen atoms in total. The van der Waals surface area contributed by atoms with Gasteiger partial charge in [0.15, 0.2) is 0 Å². The van der Waals surface area contributed by atoms with Crippen molar-refractivity contribution in [2.24, 2.45) is 0 Å². The van der Waals surface area contributed by atoms with Crippen molar-refractivity contribution in [3.63, 3.8) is 0 Å². The number of aliphatic carboxylic acids is 1. The first-order valence-corrected chi connectivity index (χ1v) is 7.11. The van der Waals surface area contributed by atoms with Crippen LogP contribution in [0.4, 0.5) is 4.79 Å². The Hall–Kier alpha value is -1.30.